The van der Waals surface area contributed by atoms with Crippen molar-refractivity contribution >= 4 is 17.9 Å². The molecule has 3 nitrogen and oxygen atoms in total. The van der Waals surface area contributed by atoms with E-state index in [1.165, 1.54) is 13.8 Å². The van der Waals surface area contributed by atoms with Crippen LogP contribution in [0.25, 0.3) is 0 Å². The summed E-state index contributed by atoms with van der Waals surface area (Å²) in [7, 11) is 0. The van der Waals surface area contributed by atoms with Crippen LogP contribution in [0.2, 0.25) is 0 Å². The van der Waals surface area contributed by atoms with E-state index < -0.39 is 5.92 Å². The van der Waals surface area contributed by atoms with E-state index in [1.807, 2.05) is 0 Å². The number of carbonyl (C=O) groups excluding carboxylic acids is 3. The zero-order valence-corrected chi connectivity index (χ0v) is 6.72. The minimum absolute atomic E-state index is 0.0311. The molecule has 0 aliphatic rings. The second kappa shape index (κ2) is 4.77. The van der Waals surface area contributed by atoms with Crippen LogP contribution in [0.4, 0.5) is 0 Å². The fourth-order valence-electron chi connectivity index (χ4n) is 0.581. The third-order valence-electron chi connectivity index (χ3n) is 1.38. The van der Waals surface area contributed by atoms with Gasteiger partial charge < -0.3 is 4.79 Å². The molecule has 0 aliphatic heterocycles. The van der Waals surface area contributed by atoms with Crippen LogP contribution in [-0.4, -0.2) is 17.9 Å². The molecule has 11 heavy (non-hydrogen) atoms. The maximum absolute atomic E-state index is 10.9. The molecule has 0 fully saturated rings. The van der Waals surface area contributed by atoms with Crippen molar-refractivity contribution in [3.05, 3.63) is 0 Å². The van der Waals surface area contributed by atoms with E-state index >= 15 is 0 Å². The molecule has 0 saturated heterocycles. The van der Waals surface area contributed by atoms with Crippen molar-refractivity contribution in [3.63, 3.8) is 0 Å². The van der Waals surface area contributed by atoms with Crippen molar-refractivity contribution < 1.29 is 14.4 Å². The van der Waals surface area contributed by atoms with E-state index in [1.54, 1.807) is 6.29 Å². The maximum atomic E-state index is 10.9. The van der Waals surface area contributed by atoms with Crippen LogP contribution in [0, 0.1) is 5.92 Å². The fourth-order valence-corrected chi connectivity index (χ4v) is 0.581. The molecule has 0 bridgehead atoms. The number of Topliss-reactive ketones (excluding diaryl/α,β-unsaturated/α-hetero) is 2. The minimum Gasteiger partial charge on any atom is -0.300 e. The number of ketones is 2. The Morgan fingerprint density at radius 2 is 1.91 bits per heavy atom. The topological polar surface area (TPSA) is 51.2 Å². The summed E-state index contributed by atoms with van der Waals surface area (Å²) in [5.41, 5.74) is 0. The third kappa shape index (κ3) is 4.42. The highest BCUT2D eigenvalue weighted by molar-refractivity contribution is 5.94. The Morgan fingerprint density at radius 1 is 1.36 bits per heavy atom. The summed E-state index contributed by atoms with van der Waals surface area (Å²) >= 11 is 0. The van der Waals surface area contributed by atoms with Crippen molar-refractivity contribution in [2.75, 3.05) is 0 Å². The monoisotopic (exact) mass is 155 g/mol. The zero-order valence-electron chi connectivity index (χ0n) is 6.72. The van der Waals surface area contributed by atoms with Crippen molar-refractivity contribution in [3.8, 4) is 0 Å². The predicted molar refractivity (Wildman–Crippen MR) is 39.8 cm³/mol. The van der Waals surface area contributed by atoms with Gasteiger partial charge in [-0.25, -0.2) is 0 Å². The summed E-state index contributed by atoms with van der Waals surface area (Å²) in [5, 5.41) is 0. The van der Waals surface area contributed by atoms with Gasteiger partial charge >= 0.3 is 0 Å². The van der Waals surface area contributed by atoms with Gasteiger partial charge in [0.1, 0.15) is 11.6 Å². The molecule has 0 aliphatic carbocycles. The standard InChI is InChI=1S/C8H11O3/c1-6(5-9)8(11)4-3-7(2)10/h6H,3-4H2,1-2H3. The molecule has 0 amide bonds. The fraction of sp³-hybridized carbons (Fsp3) is 0.625. The van der Waals surface area contributed by atoms with Crippen LogP contribution in [-0.2, 0) is 14.4 Å². The first kappa shape index (κ1) is 10.0. The predicted octanol–water partition coefficient (Wildman–Crippen LogP) is 0.670. The van der Waals surface area contributed by atoms with E-state index in [-0.39, 0.29) is 24.4 Å². The summed E-state index contributed by atoms with van der Waals surface area (Å²) in [6.45, 7) is 2.90. The van der Waals surface area contributed by atoms with Gasteiger partial charge in [0.05, 0.1) is 5.92 Å². The molecule has 3 heteroatoms. The normalized spacial score (nSPS) is 12.2. The summed E-state index contributed by atoms with van der Waals surface area (Å²) in [4.78, 5) is 31.2. The molecule has 0 heterocycles. The van der Waals surface area contributed by atoms with Crippen LogP contribution in [0.3, 0.4) is 0 Å². The van der Waals surface area contributed by atoms with Gasteiger partial charge in [-0.1, -0.05) is 0 Å². The Hall–Kier alpha value is -0.990. The van der Waals surface area contributed by atoms with Gasteiger partial charge in [0.15, 0.2) is 0 Å². The Bertz CT molecular complexity index is 172. The quantitative estimate of drug-likeness (QED) is 0.548. The Labute approximate surface area is 65.8 Å². The first-order valence-electron chi connectivity index (χ1n) is 3.47. The molecule has 0 aromatic rings. The van der Waals surface area contributed by atoms with Crippen molar-refractivity contribution in [2.24, 2.45) is 5.92 Å². The second-order valence-electron chi connectivity index (χ2n) is 2.51. The molecule has 0 aromatic carbocycles. The van der Waals surface area contributed by atoms with Crippen LogP contribution >= 0.6 is 0 Å². The molecule has 0 N–H and O–H groups in total. The van der Waals surface area contributed by atoms with E-state index in [0.29, 0.717) is 0 Å². The largest absolute Gasteiger partial charge is 0.300 e. The summed E-state index contributed by atoms with van der Waals surface area (Å²) < 4.78 is 0. The molecule has 1 unspecified atom stereocenters. The lowest BCUT2D eigenvalue weighted by molar-refractivity contribution is -0.124. The highest BCUT2D eigenvalue weighted by Gasteiger charge is 2.12. The number of hydrogen-bond acceptors (Lipinski definition) is 3. The average molecular weight is 155 g/mol. The van der Waals surface area contributed by atoms with Gasteiger partial charge in [-0.2, -0.15) is 0 Å². The molecular formula is C8H11O3. The van der Waals surface area contributed by atoms with E-state index in [0.717, 1.165) is 0 Å². The Kier molecular flexibility index (Phi) is 4.34. The number of hydrogen-bond donors (Lipinski definition) is 0. The highest BCUT2D eigenvalue weighted by atomic mass is 16.1. The zero-order chi connectivity index (χ0) is 8.85. The first-order chi connectivity index (χ1) is 5.07. The van der Waals surface area contributed by atoms with Crippen LogP contribution in [0.1, 0.15) is 26.7 Å². The average Bonchev–Trinajstić information content (AvgIpc) is 1.98. The lowest BCUT2D eigenvalue weighted by Gasteiger charge is -1.98. The van der Waals surface area contributed by atoms with E-state index in [9.17, 15) is 14.4 Å². The van der Waals surface area contributed by atoms with Gasteiger partial charge in [0.2, 0.25) is 6.29 Å². The Morgan fingerprint density at radius 3 is 2.27 bits per heavy atom. The van der Waals surface area contributed by atoms with Gasteiger partial charge in [-0.15, -0.1) is 0 Å². The summed E-state index contributed by atoms with van der Waals surface area (Å²) in [5.74, 6) is -0.930. The lowest BCUT2D eigenvalue weighted by atomic mass is 10.0. The summed E-state index contributed by atoms with van der Waals surface area (Å²) in [6.07, 6.45) is 1.96. The van der Waals surface area contributed by atoms with Gasteiger partial charge in [-0.3, -0.25) is 9.59 Å². The second-order valence-corrected chi connectivity index (χ2v) is 2.51. The number of rotatable bonds is 5. The number of carbonyl (C=O) groups is 2. The molecule has 1 radical (unpaired) electrons. The molecule has 0 aromatic heterocycles. The van der Waals surface area contributed by atoms with Crippen LogP contribution in [0.5, 0.6) is 0 Å². The summed E-state index contributed by atoms with van der Waals surface area (Å²) in [6, 6.07) is 0. The minimum atomic E-state index is -0.686. The lowest BCUT2D eigenvalue weighted by Crippen LogP contribution is -2.12. The van der Waals surface area contributed by atoms with Gasteiger partial charge in [0, 0.05) is 12.8 Å². The Balaban J connectivity index is 3.69. The van der Waals surface area contributed by atoms with E-state index in [4.69, 9.17) is 0 Å². The molecule has 0 saturated carbocycles. The highest BCUT2D eigenvalue weighted by Crippen LogP contribution is 2.00. The molecule has 0 rings (SSSR count). The molecule has 1 atom stereocenters. The third-order valence-corrected chi connectivity index (χ3v) is 1.38. The molecule has 0 spiro atoms. The van der Waals surface area contributed by atoms with E-state index in [2.05, 4.69) is 0 Å². The van der Waals surface area contributed by atoms with Crippen molar-refractivity contribution in [1.29, 1.82) is 0 Å². The maximum Gasteiger partial charge on any atom is 0.209 e. The van der Waals surface area contributed by atoms with Gasteiger partial charge in [-0.05, 0) is 13.8 Å². The van der Waals surface area contributed by atoms with Crippen molar-refractivity contribution in [2.45, 2.75) is 26.7 Å². The molecular weight excluding hydrogens is 144 g/mol. The SMILES string of the molecule is CC(=O)CCC(=O)C(C)[C]=O. The van der Waals surface area contributed by atoms with Crippen LogP contribution < -0.4 is 0 Å². The van der Waals surface area contributed by atoms with Crippen LogP contribution in [0.15, 0.2) is 0 Å². The van der Waals surface area contributed by atoms with Gasteiger partial charge in [0.25, 0.3) is 0 Å². The van der Waals surface area contributed by atoms with Crippen molar-refractivity contribution in [1.82, 2.24) is 0 Å². The smallest absolute Gasteiger partial charge is 0.209 e. The molecule has 61 valence electrons. The first-order valence-corrected chi connectivity index (χ1v) is 3.47.